The zero-order valence-corrected chi connectivity index (χ0v) is 20.3. The lowest BCUT2D eigenvalue weighted by Gasteiger charge is -2.57. The zero-order chi connectivity index (χ0) is 23.4. The number of rotatable bonds is 3. The van der Waals surface area contributed by atoms with Gasteiger partial charge in [0.2, 0.25) is 0 Å². The highest BCUT2D eigenvalue weighted by Gasteiger charge is 2.56. The van der Waals surface area contributed by atoms with E-state index in [4.69, 9.17) is 15.0 Å². The summed E-state index contributed by atoms with van der Waals surface area (Å²) in [7, 11) is 0. The fourth-order valence-electron chi connectivity index (χ4n) is 10.5. The molecule has 2 aromatic rings. The summed E-state index contributed by atoms with van der Waals surface area (Å²) in [4.78, 5) is 15.6. The highest BCUT2D eigenvalue weighted by Crippen LogP contribution is 2.62. The van der Waals surface area contributed by atoms with Gasteiger partial charge < -0.3 is 0 Å². The van der Waals surface area contributed by atoms with Crippen LogP contribution in [0.25, 0.3) is 11.4 Å². The molecule has 0 saturated heterocycles. The summed E-state index contributed by atoms with van der Waals surface area (Å²) in [5.74, 6) is 6.79. The van der Waals surface area contributed by atoms with Crippen molar-refractivity contribution in [3.05, 3.63) is 41.2 Å². The van der Waals surface area contributed by atoms with Crippen LogP contribution in [0, 0.1) is 52.7 Å². The molecule has 4 nitrogen and oxygen atoms in total. The van der Waals surface area contributed by atoms with E-state index in [-0.39, 0.29) is 16.6 Å². The van der Waals surface area contributed by atoms with Crippen molar-refractivity contribution in [2.75, 3.05) is 0 Å². The fraction of sp³-hybridized carbons (Fsp3) is 0.667. The number of nitrogens with zero attached hydrogens (tertiary/aromatic N) is 4. The zero-order valence-electron chi connectivity index (χ0n) is 20.3. The van der Waals surface area contributed by atoms with E-state index in [1.807, 2.05) is 0 Å². The topological polar surface area (TPSA) is 62.5 Å². The third-order valence-electron chi connectivity index (χ3n) is 11.0. The van der Waals surface area contributed by atoms with Crippen molar-refractivity contribution in [2.24, 2.45) is 35.5 Å². The van der Waals surface area contributed by atoms with E-state index in [2.05, 4.69) is 6.07 Å². The summed E-state index contributed by atoms with van der Waals surface area (Å²) >= 11 is 0. The minimum absolute atomic E-state index is 0.0345. The maximum atomic E-state index is 15.2. The standard InChI is InChI=1S/C30H33FN4/c31-25-2-1-17(16-32)9-24(25)26-33-27(29-10-18-3-19(11-29)5-20(4-18)12-29)35-28(34-26)30-13-21-6-22(14-30)8-23(7-21)15-30/h1-2,9,18-23H,3-8,10-15H2. The number of hydrogen-bond donors (Lipinski definition) is 0. The van der Waals surface area contributed by atoms with Crippen molar-refractivity contribution in [3.8, 4) is 17.5 Å². The molecule has 0 atom stereocenters. The van der Waals surface area contributed by atoms with Gasteiger partial charge in [0.1, 0.15) is 17.5 Å². The van der Waals surface area contributed by atoms with Gasteiger partial charge in [-0.2, -0.15) is 5.26 Å². The Labute approximate surface area is 206 Å². The van der Waals surface area contributed by atoms with Crippen LogP contribution < -0.4 is 0 Å². The molecule has 8 aliphatic rings. The molecule has 1 aromatic heterocycles. The summed E-state index contributed by atoms with van der Waals surface area (Å²) in [6, 6.07) is 6.75. The van der Waals surface area contributed by atoms with Crippen LogP contribution >= 0.6 is 0 Å². The van der Waals surface area contributed by atoms with E-state index >= 15 is 4.39 Å². The maximum Gasteiger partial charge on any atom is 0.166 e. The predicted octanol–water partition coefficient (Wildman–Crippen LogP) is 6.48. The molecule has 8 fully saturated rings. The molecular weight excluding hydrogens is 435 g/mol. The van der Waals surface area contributed by atoms with E-state index < -0.39 is 0 Å². The van der Waals surface area contributed by atoms with Gasteiger partial charge in [-0.15, -0.1) is 0 Å². The average molecular weight is 469 g/mol. The molecule has 0 amide bonds. The number of hydrogen-bond acceptors (Lipinski definition) is 4. The van der Waals surface area contributed by atoms with E-state index in [1.165, 1.54) is 83.1 Å². The van der Waals surface area contributed by atoms with Crippen LogP contribution in [0.5, 0.6) is 0 Å². The van der Waals surface area contributed by atoms with Gasteiger partial charge >= 0.3 is 0 Å². The number of aromatic nitrogens is 3. The number of nitriles is 1. The molecule has 5 heteroatoms. The van der Waals surface area contributed by atoms with Crippen molar-refractivity contribution in [2.45, 2.75) is 87.9 Å². The molecule has 0 aliphatic heterocycles. The van der Waals surface area contributed by atoms with E-state index in [1.54, 1.807) is 12.1 Å². The third kappa shape index (κ3) is 3.11. The molecule has 8 saturated carbocycles. The summed E-state index contributed by atoms with van der Waals surface area (Å²) in [6.07, 6.45) is 15.3. The largest absolute Gasteiger partial charge is 0.217 e. The average Bonchev–Trinajstić information content (AvgIpc) is 2.82. The second kappa shape index (κ2) is 7.11. The second-order valence-corrected chi connectivity index (χ2v) is 13.5. The first-order chi connectivity index (χ1) is 17.0. The summed E-state index contributed by atoms with van der Waals surface area (Å²) in [5, 5.41) is 9.49. The Balaban J connectivity index is 1.31. The first-order valence-electron chi connectivity index (χ1n) is 14.0. The molecular formula is C30H33FN4. The maximum absolute atomic E-state index is 15.2. The van der Waals surface area contributed by atoms with Gasteiger partial charge in [-0.25, -0.2) is 19.3 Å². The van der Waals surface area contributed by atoms with Crippen molar-refractivity contribution < 1.29 is 4.39 Å². The second-order valence-electron chi connectivity index (χ2n) is 13.5. The van der Waals surface area contributed by atoms with Gasteiger partial charge in [0.25, 0.3) is 0 Å². The van der Waals surface area contributed by atoms with Crippen molar-refractivity contribution in [3.63, 3.8) is 0 Å². The van der Waals surface area contributed by atoms with Gasteiger partial charge in [-0.05, 0) is 131 Å². The van der Waals surface area contributed by atoms with Gasteiger partial charge in [-0.3, -0.25) is 0 Å². The molecule has 180 valence electrons. The van der Waals surface area contributed by atoms with Crippen LogP contribution in [0.1, 0.15) is 94.3 Å². The monoisotopic (exact) mass is 468 g/mol. The molecule has 8 bridgehead atoms. The Kier molecular flexibility index (Phi) is 4.23. The van der Waals surface area contributed by atoms with E-state index in [0.29, 0.717) is 17.0 Å². The first-order valence-corrected chi connectivity index (χ1v) is 14.0. The fourth-order valence-corrected chi connectivity index (χ4v) is 10.5. The Morgan fingerprint density at radius 2 is 1.11 bits per heavy atom. The molecule has 10 rings (SSSR count). The minimum atomic E-state index is -0.344. The molecule has 0 spiro atoms. The predicted molar refractivity (Wildman–Crippen MR) is 130 cm³/mol. The quantitative estimate of drug-likeness (QED) is 0.517. The SMILES string of the molecule is N#Cc1ccc(F)c(-c2nc(C34CC5CC(CC(C5)C3)C4)nc(C34CC5CC(CC(C5)C3)C4)n2)c1. The van der Waals surface area contributed by atoms with Gasteiger partial charge in [0.05, 0.1) is 17.2 Å². The van der Waals surface area contributed by atoms with Gasteiger partial charge in [0, 0.05) is 10.8 Å². The van der Waals surface area contributed by atoms with E-state index in [9.17, 15) is 5.26 Å². The normalized spacial score (nSPS) is 42.4. The Morgan fingerprint density at radius 1 is 0.686 bits per heavy atom. The van der Waals surface area contributed by atoms with Gasteiger partial charge in [0.15, 0.2) is 5.82 Å². The molecule has 1 aromatic carbocycles. The highest BCUT2D eigenvalue weighted by molar-refractivity contribution is 5.59. The molecule has 0 radical (unpaired) electrons. The van der Waals surface area contributed by atoms with Crippen molar-refractivity contribution in [1.29, 1.82) is 5.26 Å². The molecule has 1 heterocycles. The van der Waals surface area contributed by atoms with Gasteiger partial charge in [-0.1, -0.05) is 0 Å². The summed E-state index contributed by atoms with van der Waals surface area (Å²) in [6.45, 7) is 0. The van der Waals surface area contributed by atoms with Crippen molar-refractivity contribution >= 4 is 0 Å². The molecule has 0 N–H and O–H groups in total. The molecule has 8 aliphatic carbocycles. The number of benzene rings is 1. The van der Waals surface area contributed by atoms with Crippen LogP contribution in [0.15, 0.2) is 18.2 Å². The smallest absolute Gasteiger partial charge is 0.166 e. The third-order valence-corrected chi connectivity index (χ3v) is 11.0. The molecule has 35 heavy (non-hydrogen) atoms. The Morgan fingerprint density at radius 3 is 1.51 bits per heavy atom. The Hall–Kier alpha value is -2.35. The lowest BCUT2D eigenvalue weighted by Crippen LogP contribution is -2.51. The van der Waals surface area contributed by atoms with Crippen LogP contribution in [0.2, 0.25) is 0 Å². The lowest BCUT2D eigenvalue weighted by molar-refractivity contribution is -0.0155. The van der Waals surface area contributed by atoms with Crippen molar-refractivity contribution in [1.82, 2.24) is 15.0 Å². The summed E-state index contributed by atoms with van der Waals surface area (Å²) in [5.41, 5.74) is 0.887. The van der Waals surface area contributed by atoms with Crippen LogP contribution in [0.3, 0.4) is 0 Å². The highest BCUT2D eigenvalue weighted by atomic mass is 19.1. The van der Waals surface area contributed by atoms with E-state index in [0.717, 1.165) is 47.2 Å². The minimum Gasteiger partial charge on any atom is -0.217 e. The molecule has 0 unspecified atom stereocenters. The van der Waals surface area contributed by atoms with Crippen LogP contribution in [-0.2, 0) is 10.8 Å². The lowest BCUT2D eigenvalue weighted by atomic mass is 9.49. The first kappa shape index (κ1) is 20.8. The Bertz CT molecular complexity index is 1130. The summed E-state index contributed by atoms with van der Waals surface area (Å²) < 4.78 is 15.2. The van der Waals surface area contributed by atoms with Crippen LogP contribution in [0.4, 0.5) is 4.39 Å². The number of halogens is 1. The van der Waals surface area contributed by atoms with Crippen LogP contribution in [-0.4, -0.2) is 15.0 Å².